The molecular formula is C13H7ClN2O3. The third kappa shape index (κ3) is 2.04. The molecule has 5 nitrogen and oxygen atoms in total. The second-order valence-electron chi connectivity index (χ2n) is 3.91. The summed E-state index contributed by atoms with van der Waals surface area (Å²) in [6.45, 7) is 0. The van der Waals surface area contributed by atoms with Crippen LogP contribution < -0.4 is 0 Å². The first kappa shape index (κ1) is 11.7. The van der Waals surface area contributed by atoms with Crippen LogP contribution in [-0.4, -0.2) is 9.91 Å². The maximum atomic E-state index is 11.0. The molecule has 0 aliphatic rings. The zero-order chi connectivity index (χ0) is 13.4. The molecule has 3 aromatic rings. The molecule has 0 N–H and O–H groups in total. The van der Waals surface area contributed by atoms with Crippen molar-refractivity contribution in [2.24, 2.45) is 0 Å². The monoisotopic (exact) mass is 274 g/mol. The molecule has 19 heavy (non-hydrogen) atoms. The van der Waals surface area contributed by atoms with Gasteiger partial charge in [-0.25, -0.2) is 4.98 Å². The molecule has 0 fully saturated rings. The molecule has 94 valence electrons. The quantitative estimate of drug-likeness (QED) is 0.401. The number of fused-ring (bicyclic) bond motifs is 1. The van der Waals surface area contributed by atoms with Crippen LogP contribution in [0.3, 0.4) is 0 Å². The second-order valence-corrected chi connectivity index (χ2v) is 4.29. The Morgan fingerprint density at radius 3 is 2.74 bits per heavy atom. The third-order valence-corrected chi connectivity index (χ3v) is 2.91. The number of hydrogen-bond donors (Lipinski definition) is 0. The summed E-state index contributed by atoms with van der Waals surface area (Å²) >= 11 is 5.79. The van der Waals surface area contributed by atoms with Gasteiger partial charge in [0.15, 0.2) is 11.5 Å². The minimum atomic E-state index is -0.508. The van der Waals surface area contributed by atoms with Crippen LogP contribution >= 0.6 is 11.6 Å². The van der Waals surface area contributed by atoms with Crippen molar-refractivity contribution in [1.82, 2.24) is 4.98 Å². The topological polar surface area (TPSA) is 69.2 Å². The lowest BCUT2D eigenvalue weighted by atomic mass is 10.2. The predicted octanol–water partition coefficient (Wildman–Crippen LogP) is 4.06. The second kappa shape index (κ2) is 4.37. The van der Waals surface area contributed by atoms with Crippen LogP contribution in [0, 0.1) is 10.1 Å². The molecule has 0 saturated heterocycles. The van der Waals surface area contributed by atoms with Gasteiger partial charge >= 0.3 is 0 Å². The molecule has 0 bridgehead atoms. The number of pyridine rings is 1. The fourth-order valence-electron chi connectivity index (χ4n) is 1.86. The first-order valence-electron chi connectivity index (χ1n) is 5.45. The zero-order valence-corrected chi connectivity index (χ0v) is 10.3. The average Bonchev–Trinajstić information content (AvgIpc) is 2.81. The molecular weight excluding hydrogens is 268 g/mol. The van der Waals surface area contributed by atoms with E-state index in [0.29, 0.717) is 11.3 Å². The van der Waals surface area contributed by atoms with Crippen molar-refractivity contribution in [3.05, 3.63) is 57.7 Å². The van der Waals surface area contributed by atoms with Gasteiger partial charge in [-0.1, -0.05) is 29.8 Å². The Balaban J connectivity index is 2.25. The van der Waals surface area contributed by atoms with E-state index in [1.165, 1.54) is 12.1 Å². The Morgan fingerprint density at radius 1 is 1.21 bits per heavy atom. The summed E-state index contributed by atoms with van der Waals surface area (Å²) in [5.41, 5.74) is 0.644. The van der Waals surface area contributed by atoms with Gasteiger partial charge in [-0.05, 0) is 18.2 Å². The van der Waals surface area contributed by atoms with Gasteiger partial charge in [0.2, 0.25) is 0 Å². The van der Waals surface area contributed by atoms with Crippen LogP contribution in [-0.2, 0) is 0 Å². The van der Waals surface area contributed by atoms with Crippen molar-refractivity contribution >= 4 is 28.3 Å². The SMILES string of the molecule is O=[N+]([O-])c1ccc(Cl)nc1-c1cc2ccccc2o1. The lowest BCUT2D eigenvalue weighted by molar-refractivity contribution is -0.384. The van der Waals surface area contributed by atoms with Crippen molar-refractivity contribution in [2.75, 3.05) is 0 Å². The van der Waals surface area contributed by atoms with Crippen molar-refractivity contribution in [1.29, 1.82) is 0 Å². The highest BCUT2D eigenvalue weighted by atomic mass is 35.5. The predicted molar refractivity (Wildman–Crippen MR) is 71.1 cm³/mol. The molecule has 0 amide bonds. The standard InChI is InChI=1S/C13H7ClN2O3/c14-12-6-5-9(16(17)18)13(15-12)11-7-8-3-1-2-4-10(8)19-11/h1-7H. The van der Waals surface area contributed by atoms with Gasteiger partial charge < -0.3 is 4.42 Å². The van der Waals surface area contributed by atoms with Crippen LogP contribution in [0.1, 0.15) is 0 Å². The number of nitrogens with zero attached hydrogens (tertiary/aromatic N) is 2. The summed E-state index contributed by atoms with van der Waals surface area (Å²) in [5, 5.41) is 12.0. The first-order valence-corrected chi connectivity index (χ1v) is 5.83. The molecule has 2 aromatic heterocycles. The molecule has 0 aliphatic heterocycles. The lowest BCUT2D eigenvalue weighted by Gasteiger charge is -1.98. The molecule has 6 heteroatoms. The summed E-state index contributed by atoms with van der Waals surface area (Å²) in [6, 6.07) is 11.7. The van der Waals surface area contributed by atoms with Crippen molar-refractivity contribution in [3.8, 4) is 11.5 Å². The maximum Gasteiger partial charge on any atom is 0.298 e. The average molecular weight is 275 g/mol. The van der Waals surface area contributed by atoms with Crippen molar-refractivity contribution < 1.29 is 9.34 Å². The Labute approximate surface area is 112 Å². The number of rotatable bonds is 2. The zero-order valence-electron chi connectivity index (χ0n) is 9.54. The number of hydrogen-bond acceptors (Lipinski definition) is 4. The molecule has 1 aromatic carbocycles. The van der Waals surface area contributed by atoms with Gasteiger partial charge in [0, 0.05) is 11.5 Å². The smallest absolute Gasteiger partial charge is 0.298 e. The fraction of sp³-hybridized carbons (Fsp3) is 0. The fourth-order valence-corrected chi connectivity index (χ4v) is 2.00. The molecule has 0 radical (unpaired) electrons. The molecule has 0 aliphatic carbocycles. The Hall–Kier alpha value is -2.40. The molecule has 2 heterocycles. The van der Waals surface area contributed by atoms with Gasteiger partial charge in [-0.2, -0.15) is 0 Å². The normalized spacial score (nSPS) is 10.8. The van der Waals surface area contributed by atoms with E-state index in [1.54, 1.807) is 12.1 Å². The van der Waals surface area contributed by atoms with Crippen LogP contribution in [0.4, 0.5) is 5.69 Å². The van der Waals surface area contributed by atoms with Gasteiger partial charge in [0.25, 0.3) is 5.69 Å². The number of nitro groups is 1. The minimum absolute atomic E-state index is 0.133. The number of halogens is 1. The van der Waals surface area contributed by atoms with Crippen LogP contribution in [0.5, 0.6) is 0 Å². The van der Waals surface area contributed by atoms with E-state index in [-0.39, 0.29) is 16.5 Å². The van der Waals surface area contributed by atoms with Gasteiger partial charge in [-0.15, -0.1) is 0 Å². The van der Waals surface area contributed by atoms with Crippen molar-refractivity contribution in [3.63, 3.8) is 0 Å². The van der Waals surface area contributed by atoms with E-state index < -0.39 is 4.92 Å². The third-order valence-electron chi connectivity index (χ3n) is 2.70. The van der Waals surface area contributed by atoms with Crippen LogP contribution in [0.25, 0.3) is 22.4 Å². The number of aromatic nitrogens is 1. The van der Waals surface area contributed by atoms with Crippen molar-refractivity contribution in [2.45, 2.75) is 0 Å². The highest BCUT2D eigenvalue weighted by molar-refractivity contribution is 6.29. The number of para-hydroxylation sites is 1. The summed E-state index contributed by atoms with van der Waals surface area (Å²) < 4.78 is 5.57. The molecule has 3 rings (SSSR count). The number of benzene rings is 1. The summed E-state index contributed by atoms with van der Waals surface area (Å²) in [4.78, 5) is 14.5. The molecule has 0 atom stereocenters. The first-order chi connectivity index (χ1) is 9.15. The summed E-state index contributed by atoms with van der Waals surface area (Å²) in [7, 11) is 0. The van der Waals surface area contributed by atoms with E-state index >= 15 is 0 Å². The van der Waals surface area contributed by atoms with E-state index in [4.69, 9.17) is 16.0 Å². The summed E-state index contributed by atoms with van der Waals surface area (Å²) in [6.07, 6.45) is 0. The Morgan fingerprint density at radius 2 is 2.00 bits per heavy atom. The van der Waals surface area contributed by atoms with Gasteiger partial charge in [0.1, 0.15) is 10.7 Å². The largest absolute Gasteiger partial charge is 0.454 e. The maximum absolute atomic E-state index is 11.0. The Bertz CT molecular complexity index is 749. The molecule has 0 unspecified atom stereocenters. The van der Waals surface area contributed by atoms with Crippen LogP contribution in [0.15, 0.2) is 46.9 Å². The van der Waals surface area contributed by atoms with E-state index in [2.05, 4.69) is 4.98 Å². The van der Waals surface area contributed by atoms with Gasteiger partial charge in [0.05, 0.1) is 4.92 Å². The van der Waals surface area contributed by atoms with E-state index in [1.807, 2.05) is 18.2 Å². The Kier molecular flexibility index (Phi) is 2.68. The van der Waals surface area contributed by atoms with Crippen LogP contribution in [0.2, 0.25) is 5.15 Å². The summed E-state index contributed by atoms with van der Waals surface area (Å²) in [5.74, 6) is 0.329. The van der Waals surface area contributed by atoms with E-state index in [9.17, 15) is 10.1 Å². The lowest BCUT2D eigenvalue weighted by Crippen LogP contribution is -1.94. The highest BCUT2D eigenvalue weighted by Gasteiger charge is 2.20. The molecule has 0 saturated carbocycles. The minimum Gasteiger partial charge on any atom is -0.454 e. The molecule has 0 spiro atoms. The highest BCUT2D eigenvalue weighted by Crippen LogP contribution is 2.33. The van der Waals surface area contributed by atoms with E-state index in [0.717, 1.165) is 5.39 Å². The van der Waals surface area contributed by atoms with Gasteiger partial charge in [-0.3, -0.25) is 10.1 Å². The number of furan rings is 1.